The van der Waals surface area contributed by atoms with Gasteiger partial charge in [0.1, 0.15) is 30.1 Å². The van der Waals surface area contributed by atoms with Crippen LogP contribution in [0.15, 0.2) is 29.3 Å². The first-order chi connectivity index (χ1) is 14.7. The third-order valence-corrected chi connectivity index (χ3v) is 4.73. The Balaban J connectivity index is 0.00000363. The van der Waals surface area contributed by atoms with Crippen LogP contribution in [-0.4, -0.2) is 57.7 Å². The van der Waals surface area contributed by atoms with Gasteiger partial charge in [-0.15, -0.1) is 24.0 Å². The molecule has 32 heavy (non-hydrogen) atoms. The SMILES string of the molecule is CCNC(=NCC(O)COc1ccc(C(F)(F)F)cc1)NC1CCc2nc(C)nn2C1.I. The molecule has 3 N–H and O–H groups in total. The van der Waals surface area contributed by atoms with Gasteiger partial charge in [-0.3, -0.25) is 4.99 Å². The molecule has 0 saturated carbocycles. The number of guanidine groups is 1. The molecule has 2 atom stereocenters. The monoisotopic (exact) mass is 568 g/mol. The third-order valence-electron chi connectivity index (χ3n) is 4.73. The zero-order valence-corrected chi connectivity index (χ0v) is 20.2. The Morgan fingerprint density at radius 1 is 1.34 bits per heavy atom. The predicted octanol–water partition coefficient (Wildman–Crippen LogP) is 2.53. The number of alkyl halides is 3. The number of benzene rings is 1. The maximum Gasteiger partial charge on any atom is 0.416 e. The van der Waals surface area contributed by atoms with Crippen LogP contribution < -0.4 is 15.4 Å². The summed E-state index contributed by atoms with van der Waals surface area (Å²) in [6.45, 7) is 5.15. The van der Waals surface area contributed by atoms with Crippen LogP contribution in [-0.2, 0) is 19.1 Å². The second-order valence-electron chi connectivity index (χ2n) is 7.34. The molecular formula is C20H28F3IN6O2. The minimum Gasteiger partial charge on any atom is -0.491 e. The molecule has 2 aromatic rings. The van der Waals surface area contributed by atoms with Crippen LogP contribution in [0.5, 0.6) is 5.75 Å². The van der Waals surface area contributed by atoms with Crippen molar-refractivity contribution in [2.45, 2.75) is 51.6 Å². The summed E-state index contributed by atoms with van der Waals surface area (Å²) in [5, 5.41) is 21.0. The minimum atomic E-state index is -4.39. The maximum absolute atomic E-state index is 12.6. The second-order valence-corrected chi connectivity index (χ2v) is 7.34. The van der Waals surface area contributed by atoms with Crippen molar-refractivity contribution < 1.29 is 23.0 Å². The maximum atomic E-state index is 12.6. The van der Waals surface area contributed by atoms with Crippen molar-refractivity contribution in [2.75, 3.05) is 19.7 Å². The molecule has 2 unspecified atom stereocenters. The van der Waals surface area contributed by atoms with E-state index in [-0.39, 0.29) is 48.9 Å². The summed E-state index contributed by atoms with van der Waals surface area (Å²) < 4.78 is 45.1. The lowest BCUT2D eigenvalue weighted by Crippen LogP contribution is -2.47. The number of aliphatic hydroxyl groups is 1. The van der Waals surface area contributed by atoms with Gasteiger partial charge in [0.2, 0.25) is 0 Å². The van der Waals surface area contributed by atoms with Crippen molar-refractivity contribution in [1.29, 1.82) is 0 Å². The number of rotatable bonds is 7. The number of halogens is 4. The average molecular weight is 568 g/mol. The molecule has 0 bridgehead atoms. The highest BCUT2D eigenvalue weighted by molar-refractivity contribution is 14.0. The van der Waals surface area contributed by atoms with Crippen molar-refractivity contribution in [2.24, 2.45) is 4.99 Å². The van der Waals surface area contributed by atoms with E-state index in [9.17, 15) is 18.3 Å². The topological polar surface area (TPSA) is 96.6 Å². The summed E-state index contributed by atoms with van der Waals surface area (Å²) in [6.07, 6.45) is -3.59. The fourth-order valence-electron chi connectivity index (χ4n) is 3.25. The van der Waals surface area contributed by atoms with E-state index in [0.29, 0.717) is 19.0 Å². The van der Waals surface area contributed by atoms with Crippen LogP contribution in [0.25, 0.3) is 0 Å². The third kappa shape index (κ3) is 7.50. The van der Waals surface area contributed by atoms with Crippen LogP contribution in [0.2, 0.25) is 0 Å². The second kappa shape index (κ2) is 11.7. The zero-order chi connectivity index (χ0) is 22.4. The Kier molecular flexibility index (Phi) is 9.55. The number of nitrogens with zero attached hydrogens (tertiary/aromatic N) is 4. The number of aliphatic hydroxyl groups excluding tert-OH is 1. The molecule has 3 rings (SSSR count). The van der Waals surface area contributed by atoms with Crippen LogP contribution in [0, 0.1) is 6.92 Å². The van der Waals surface area contributed by atoms with Crippen LogP contribution in [0.4, 0.5) is 13.2 Å². The molecule has 0 aliphatic carbocycles. The van der Waals surface area contributed by atoms with Crippen LogP contribution in [0.1, 0.15) is 30.6 Å². The van der Waals surface area contributed by atoms with Crippen molar-refractivity contribution in [1.82, 2.24) is 25.4 Å². The highest BCUT2D eigenvalue weighted by atomic mass is 127. The number of aromatic nitrogens is 3. The van der Waals surface area contributed by atoms with E-state index in [1.54, 1.807) is 0 Å². The quantitative estimate of drug-likeness (QED) is 0.270. The van der Waals surface area contributed by atoms with E-state index in [1.807, 2.05) is 18.5 Å². The fourth-order valence-corrected chi connectivity index (χ4v) is 3.25. The molecule has 1 aliphatic heterocycles. The molecule has 0 saturated heterocycles. The average Bonchev–Trinajstić information content (AvgIpc) is 3.09. The molecule has 0 amide bonds. The van der Waals surface area contributed by atoms with E-state index >= 15 is 0 Å². The molecule has 0 spiro atoms. The molecule has 2 heterocycles. The summed E-state index contributed by atoms with van der Waals surface area (Å²) in [6, 6.07) is 4.48. The summed E-state index contributed by atoms with van der Waals surface area (Å²) in [5.41, 5.74) is -0.748. The summed E-state index contributed by atoms with van der Waals surface area (Å²) >= 11 is 0. The van der Waals surface area contributed by atoms with Gasteiger partial charge in [0.25, 0.3) is 0 Å². The summed E-state index contributed by atoms with van der Waals surface area (Å²) in [4.78, 5) is 8.80. The normalized spacial score (nSPS) is 17.2. The Morgan fingerprint density at radius 2 is 2.06 bits per heavy atom. The molecular weight excluding hydrogens is 540 g/mol. The van der Waals surface area contributed by atoms with Gasteiger partial charge < -0.3 is 20.5 Å². The first-order valence-electron chi connectivity index (χ1n) is 10.2. The van der Waals surface area contributed by atoms with Crippen LogP contribution in [0.3, 0.4) is 0 Å². The number of hydrogen-bond donors (Lipinski definition) is 3. The lowest BCUT2D eigenvalue weighted by Gasteiger charge is -2.25. The molecule has 0 radical (unpaired) electrons. The van der Waals surface area contributed by atoms with E-state index in [1.165, 1.54) is 12.1 Å². The molecule has 1 aromatic carbocycles. The Labute approximate surface area is 201 Å². The van der Waals surface area contributed by atoms with Gasteiger partial charge in [-0.05, 0) is 44.5 Å². The molecule has 1 aliphatic rings. The van der Waals surface area contributed by atoms with E-state index in [2.05, 4.69) is 25.7 Å². The number of hydrogen-bond acceptors (Lipinski definition) is 5. The largest absolute Gasteiger partial charge is 0.491 e. The molecule has 0 fully saturated rings. The van der Waals surface area contributed by atoms with Crippen molar-refractivity contribution >= 4 is 29.9 Å². The van der Waals surface area contributed by atoms with E-state index < -0.39 is 17.8 Å². The highest BCUT2D eigenvalue weighted by Crippen LogP contribution is 2.30. The summed E-state index contributed by atoms with van der Waals surface area (Å²) in [5.74, 6) is 2.56. The number of nitrogens with one attached hydrogen (secondary N) is 2. The Morgan fingerprint density at radius 3 is 2.72 bits per heavy atom. The first kappa shape index (κ1) is 26.2. The summed E-state index contributed by atoms with van der Waals surface area (Å²) in [7, 11) is 0. The van der Waals surface area contributed by atoms with Crippen molar-refractivity contribution in [3.63, 3.8) is 0 Å². The lowest BCUT2D eigenvalue weighted by molar-refractivity contribution is -0.137. The smallest absolute Gasteiger partial charge is 0.416 e. The highest BCUT2D eigenvalue weighted by Gasteiger charge is 2.30. The van der Waals surface area contributed by atoms with Crippen molar-refractivity contribution in [3.05, 3.63) is 41.5 Å². The van der Waals surface area contributed by atoms with Gasteiger partial charge in [0, 0.05) is 19.0 Å². The predicted molar refractivity (Wildman–Crippen MR) is 124 cm³/mol. The van der Waals surface area contributed by atoms with Gasteiger partial charge in [0.15, 0.2) is 5.96 Å². The van der Waals surface area contributed by atoms with Crippen molar-refractivity contribution in [3.8, 4) is 5.75 Å². The molecule has 1 aromatic heterocycles. The van der Waals surface area contributed by atoms with Gasteiger partial charge in [-0.2, -0.15) is 18.3 Å². The fraction of sp³-hybridized carbons (Fsp3) is 0.550. The molecule has 8 nitrogen and oxygen atoms in total. The van der Waals surface area contributed by atoms with Gasteiger partial charge >= 0.3 is 6.18 Å². The number of aryl methyl sites for hydroxylation is 2. The lowest BCUT2D eigenvalue weighted by atomic mass is 10.1. The van der Waals surface area contributed by atoms with Crippen LogP contribution >= 0.6 is 24.0 Å². The number of fused-ring (bicyclic) bond motifs is 1. The Bertz CT molecular complexity index is 888. The molecule has 178 valence electrons. The number of ether oxygens (including phenoxy) is 1. The van der Waals surface area contributed by atoms with Gasteiger partial charge in [-0.25, -0.2) is 9.67 Å². The van der Waals surface area contributed by atoms with Gasteiger partial charge in [0.05, 0.1) is 18.7 Å². The molecule has 12 heteroatoms. The Hall–Kier alpha value is -2.09. The standard InChI is InChI=1S/C20H27F3N6O2.HI/c1-3-24-19(27-15-6-9-18-26-13(2)28-29(18)11-15)25-10-16(30)12-31-17-7-4-14(5-8-17)20(21,22)23;/h4-5,7-8,15-16,30H,3,6,9-12H2,1-2H3,(H2,24,25,27);1H. The van der Waals surface area contributed by atoms with E-state index in [0.717, 1.165) is 36.6 Å². The first-order valence-corrected chi connectivity index (χ1v) is 10.2. The number of aliphatic imine (C=N–C) groups is 1. The van der Waals surface area contributed by atoms with Gasteiger partial charge in [-0.1, -0.05) is 0 Å². The zero-order valence-electron chi connectivity index (χ0n) is 17.9. The van der Waals surface area contributed by atoms with E-state index in [4.69, 9.17) is 4.74 Å². The minimum absolute atomic E-state index is 0.